The smallest absolute Gasteiger partial charge is 0.456 e. The van der Waals surface area contributed by atoms with Crippen LogP contribution in [0.4, 0.5) is 0 Å². The highest BCUT2D eigenvalue weighted by molar-refractivity contribution is 9.10. The molecule has 1 aliphatic heterocycles. The van der Waals surface area contributed by atoms with Gasteiger partial charge in [-0.3, -0.25) is 0 Å². The van der Waals surface area contributed by atoms with Gasteiger partial charge in [0, 0.05) is 70.2 Å². The van der Waals surface area contributed by atoms with E-state index in [4.69, 9.17) is 52.5 Å². The Morgan fingerprint density at radius 1 is 0.296 bits per heavy atom. The molecule has 17 aromatic rings. The maximum atomic E-state index is 6.48. The molecule has 0 saturated carbocycles. The molecular formula is C85H60BBrN6O5. The molecule has 0 N–H and O–H groups in total. The second-order valence-corrected chi connectivity index (χ2v) is 26.6. The number of benzene rings is 12. The molecule has 0 atom stereocenters. The van der Waals surface area contributed by atoms with Crippen LogP contribution < -0.4 is 5.46 Å². The Hall–Kier alpha value is -11.5. The third-order valence-corrected chi connectivity index (χ3v) is 19.4. The molecule has 0 spiro atoms. The van der Waals surface area contributed by atoms with Crippen LogP contribution in [0.1, 0.15) is 38.8 Å². The third-order valence-electron chi connectivity index (χ3n) is 18.9. The second kappa shape index (κ2) is 24.6. The van der Waals surface area contributed by atoms with Crippen LogP contribution in [-0.4, -0.2) is 48.2 Å². The molecule has 2 aliphatic rings. The molecule has 11 nitrogen and oxygen atoms in total. The molecule has 13 heteroatoms. The minimum atomic E-state index is -0.487. The minimum absolute atomic E-state index is 0.432. The van der Waals surface area contributed by atoms with E-state index >= 15 is 0 Å². The number of aromatic nitrogens is 6. The minimum Gasteiger partial charge on any atom is -0.456 e. The Balaban J connectivity index is 0.000000123. The predicted octanol–water partition coefficient (Wildman–Crippen LogP) is 21.4. The van der Waals surface area contributed by atoms with Gasteiger partial charge in [0.25, 0.3) is 0 Å². The van der Waals surface area contributed by atoms with Crippen LogP contribution in [0, 0.1) is 0 Å². The van der Waals surface area contributed by atoms with Gasteiger partial charge in [0.2, 0.25) is 0 Å². The summed E-state index contributed by atoms with van der Waals surface area (Å²) in [5.41, 5.74) is 18.4. The van der Waals surface area contributed by atoms with Crippen LogP contribution in [0.25, 0.3) is 156 Å². The van der Waals surface area contributed by atoms with Crippen LogP contribution >= 0.6 is 15.9 Å². The lowest BCUT2D eigenvalue weighted by Gasteiger charge is -2.32. The van der Waals surface area contributed by atoms with E-state index < -0.39 is 18.3 Å². The number of hydrogen-bond acceptors (Lipinski definition) is 11. The quantitative estimate of drug-likeness (QED) is 0.135. The van der Waals surface area contributed by atoms with Crippen LogP contribution in [0.5, 0.6) is 0 Å². The van der Waals surface area contributed by atoms with Crippen molar-refractivity contribution >= 4 is 94.3 Å². The van der Waals surface area contributed by atoms with E-state index in [1.165, 1.54) is 38.8 Å². The molecule has 0 amide bonds. The van der Waals surface area contributed by atoms with Crippen molar-refractivity contribution in [2.45, 2.75) is 45.3 Å². The predicted molar refractivity (Wildman–Crippen MR) is 398 cm³/mol. The largest absolute Gasteiger partial charge is 0.495 e. The summed E-state index contributed by atoms with van der Waals surface area (Å²) in [4.78, 5) is 29.2. The Labute approximate surface area is 573 Å². The zero-order valence-corrected chi connectivity index (χ0v) is 55.5. The number of fused-ring (bicyclic) bond motifs is 12. The standard InChI is InChI=1S/C40H25N3O.C33H28BN3O3.C12H7BrO/c1-3-10-25(11-4-1)38-41-39(26-12-5-2-6-13-26)43-40(42-38)30-20-21-33-36(24-30)44-35-17-9-16-32(37(33)35)29-19-18-28-22-27-14-7-8-15-31(27)34(28)23-29;1-32(2)33(3,4)40-34(39-32)25-16-11-17-26-28(25)24-19-18-23(20-27(24)38-26)31-36-29(21-12-7-5-8-13-21)35-30(37-31)22-14-9-6-10-15-22;13-8-5-6-12-10(7-8)9-3-1-2-4-11(9)14-12/h1-21,23-24H,22H2;5-20H,1-4H3;1-7H. The van der Waals surface area contributed by atoms with Gasteiger partial charge in [-0.1, -0.05) is 228 Å². The summed E-state index contributed by atoms with van der Waals surface area (Å²) in [5, 5.41) is 6.50. The van der Waals surface area contributed by atoms with Crippen LogP contribution in [-0.2, 0) is 15.7 Å². The molecule has 0 radical (unpaired) electrons. The summed E-state index contributed by atoms with van der Waals surface area (Å²) in [6.45, 7) is 8.26. The summed E-state index contributed by atoms with van der Waals surface area (Å²) in [6, 6.07) is 94.4. The molecule has 6 heterocycles. The fourth-order valence-corrected chi connectivity index (χ4v) is 13.6. The Bertz CT molecular complexity index is 5770. The average Bonchev–Trinajstić information content (AvgIpc) is 1.57. The van der Waals surface area contributed by atoms with Crippen molar-refractivity contribution in [3.63, 3.8) is 0 Å². The van der Waals surface area contributed by atoms with Crippen LogP contribution in [0.3, 0.4) is 0 Å². The van der Waals surface area contributed by atoms with Gasteiger partial charge in [0.15, 0.2) is 34.9 Å². The molecule has 470 valence electrons. The Morgan fingerprint density at radius 3 is 1.28 bits per heavy atom. The van der Waals surface area contributed by atoms with Crippen molar-refractivity contribution in [1.82, 2.24) is 29.9 Å². The average molecular weight is 1340 g/mol. The number of rotatable bonds is 8. The molecule has 0 bridgehead atoms. The SMILES string of the molecule is Brc1ccc2oc3ccccc3c2c1.CC1(C)OB(c2cccc3oc4cc(-c5nc(-c6ccccc6)nc(-c6ccccc6)n5)ccc4c23)OC1(C)C.c1ccc(-c2nc(-c3ccccc3)nc(-c3ccc4c(c3)oc3cccc(-c5ccc6c(c5)-c5ccccc5C6)c34)n2)cc1. The number of hydrogen-bond donors (Lipinski definition) is 0. The summed E-state index contributed by atoms with van der Waals surface area (Å²) < 4.78 is 32.4. The molecule has 98 heavy (non-hydrogen) atoms. The number of furan rings is 3. The van der Waals surface area contributed by atoms with Gasteiger partial charge in [0.05, 0.1) is 11.2 Å². The number of nitrogens with zero attached hydrogens (tertiary/aromatic N) is 6. The maximum Gasteiger partial charge on any atom is 0.495 e. The summed E-state index contributed by atoms with van der Waals surface area (Å²) in [5.74, 6) is 3.72. The van der Waals surface area contributed by atoms with E-state index in [0.717, 1.165) is 110 Å². The van der Waals surface area contributed by atoms with Crippen molar-refractivity contribution in [3.05, 3.63) is 295 Å². The van der Waals surface area contributed by atoms with E-state index in [0.29, 0.717) is 34.9 Å². The molecule has 1 fully saturated rings. The van der Waals surface area contributed by atoms with Crippen molar-refractivity contribution in [2.24, 2.45) is 0 Å². The van der Waals surface area contributed by atoms with E-state index in [1.54, 1.807) is 0 Å². The van der Waals surface area contributed by atoms with Crippen molar-refractivity contribution in [1.29, 1.82) is 0 Å². The number of para-hydroxylation sites is 1. The first-order chi connectivity index (χ1) is 47.9. The van der Waals surface area contributed by atoms with Gasteiger partial charge in [-0.15, -0.1) is 0 Å². The second-order valence-electron chi connectivity index (χ2n) is 25.6. The first-order valence-corrected chi connectivity index (χ1v) is 33.5. The lowest BCUT2D eigenvalue weighted by Crippen LogP contribution is -2.41. The fourth-order valence-electron chi connectivity index (χ4n) is 13.2. The van der Waals surface area contributed by atoms with Crippen molar-refractivity contribution in [3.8, 4) is 90.6 Å². The van der Waals surface area contributed by atoms with E-state index in [-0.39, 0.29) is 0 Å². The van der Waals surface area contributed by atoms with E-state index in [9.17, 15) is 0 Å². The molecular weight excluding hydrogens is 1280 g/mol. The lowest BCUT2D eigenvalue weighted by molar-refractivity contribution is 0.00578. The monoisotopic (exact) mass is 1330 g/mol. The zero-order chi connectivity index (χ0) is 66.1. The maximum absolute atomic E-state index is 6.48. The molecule has 12 aromatic carbocycles. The Morgan fingerprint density at radius 2 is 0.714 bits per heavy atom. The topological polar surface area (TPSA) is 135 Å². The summed E-state index contributed by atoms with van der Waals surface area (Å²) >= 11 is 3.46. The van der Waals surface area contributed by atoms with E-state index in [2.05, 4.69) is 141 Å². The highest BCUT2D eigenvalue weighted by atomic mass is 79.9. The third kappa shape index (κ3) is 11.2. The van der Waals surface area contributed by atoms with Crippen molar-refractivity contribution < 1.29 is 22.6 Å². The molecule has 19 rings (SSSR count). The molecule has 1 aliphatic carbocycles. The molecule has 0 unspecified atom stereocenters. The zero-order valence-electron chi connectivity index (χ0n) is 53.9. The van der Waals surface area contributed by atoms with Gasteiger partial charge in [-0.2, -0.15) is 0 Å². The number of halogens is 1. The van der Waals surface area contributed by atoms with Gasteiger partial charge in [-0.05, 0) is 140 Å². The highest BCUT2D eigenvalue weighted by Gasteiger charge is 2.52. The first-order valence-electron chi connectivity index (χ1n) is 32.7. The Kier molecular flexibility index (Phi) is 15.1. The van der Waals surface area contributed by atoms with Crippen LogP contribution in [0.15, 0.2) is 297 Å². The van der Waals surface area contributed by atoms with Gasteiger partial charge >= 0.3 is 7.12 Å². The summed E-state index contributed by atoms with van der Waals surface area (Å²) in [6.07, 6.45) is 0.989. The van der Waals surface area contributed by atoms with Gasteiger partial charge < -0.3 is 22.6 Å². The molecule has 5 aromatic heterocycles. The van der Waals surface area contributed by atoms with Crippen molar-refractivity contribution in [2.75, 3.05) is 0 Å². The normalized spacial score (nSPS) is 13.6. The highest BCUT2D eigenvalue weighted by Crippen LogP contribution is 2.44. The fraction of sp³-hybridized carbons (Fsp3) is 0.0824. The molecule has 1 saturated heterocycles. The lowest BCUT2D eigenvalue weighted by atomic mass is 9.76. The summed E-state index contributed by atoms with van der Waals surface area (Å²) in [7, 11) is -0.487. The van der Waals surface area contributed by atoms with E-state index in [1.807, 2.05) is 182 Å². The van der Waals surface area contributed by atoms with Gasteiger partial charge in [-0.25, -0.2) is 29.9 Å². The van der Waals surface area contributed by atoms with Gasteiger partial charge in [0.1, 0.15) is 33.5 Å². The van der Waals surface area contributed by atoms with Crippen LogP contribution in [0.2, 0.25) is 0 Å². The first kappa shape index (κ1) is 60.2.